The number of hydrogen-bond acceptors (Lipinski definition) is 7. The number of aromatic nitrogens is 2. The molecule has 0 aliphatic carbocycles. The van der Waals surface area contributed by atoms with Crippen molar-refractivity contribution in [1.82, 2.24) is 10.2 Å². The topological polar surface area (TPSA) is 144 Å². The normalized spacial score (nSPS) is 15.7. The van der Waals surface area contributed by atoms with E-state index in [1.165, 1.54) is 12.1 Å². The van der Waals surface area contributed by atoms with Gasteiger partial charge in [-0.15, -0.1) is 5.10 Å². The van der Waals surface area contributed by atoms with Crippen LogP contribution in [0.5, 0.6) is 5.88 Å². The second kappa shape index (κ2) is 6.28. The van der Waals surface area contributed by atoms with E-state index in [9.17, 15) is 15.4 Å². The van der Waals surface area contributed by atoms with Crippen molar-refractivity contribution in [2.24, 2.45) is 5.73 Å². The van der Waals surface area contributed by atoms with Crippen LogP contribution in [0.4, 0.5) is 5.69 Å². The van der Waals surface area contributed by atoms with Crippen molar-refractivity contribution < 1.29 is 14.1 Å². The molecule has 9 nitrogen and oxygen atoms in total. The number of rotatable bonds is 3. The highest BCUT2D eigenvalue weighted by molar-refractivity contribution is 5.65. The number of non-ortho nitro benzene ring substituents is 1. The van der Waals surface area contributed by atoms with Gasteiger partial charge in [0.1, 0.15) is 23.2 Å². The van der Waals surface area contributed by atoms with Crippen LogP contribution >= 0.6 is 0 Å². The van der Waals surface area contributed by atoms with Gasteiger partial charge >= 0.3 is 0 Å². The molecule has 1 aliphatic heterocycles. The molecule has 0 saturated carbocycles. The van der Waals surface area contributed by atoms with Gasteiger partial charge in [0, 0.05) is 23.4 Å². The largest absolute Gasteiger partial charge is 0.460 e. The third-order valence-corrected chi connectivity index (χ3v) is 4.73. The molecule has 1 atom stereocenters. The molecule has 0 radical (unpaired) electrons. The van der Waals surface area contributed by atoms with Crippen molar-refractivity contribution in [1.29, 1.82) is 5.26 Å². The van der Waals surface area contributed by atoms with Crippen LogP contribution in [0, 0.1) is 35.3 Å². The van der Waals surface area contributed by atoms with Crippen LogP contribution in [0.3, 0.4) is 0 Å². The number of nitrogens with zero attached hydrogens (tertiary/aromatic N) is 3. The fraction of sp³-hybridized carbons (Fsp3) is 0.158. The van der Waals surface area contributed by atoms with Crippen molar-refractivity contribution in [2.75, 3.05) is 0 Å². The Bertz CT molecular complexity index is 1180. The predicted molar refractivity (Wildman–Crippen MR) is 98.2 cm³/mol. The summed E-state index contributed by atoms with van der Waals surface area (Å²) >= 11 is 0. The second-order valence-corrected chi connectivity index (χ2v) is 6.45. The van der Waals surface area contributed by atoms with Gasteiger partial charge in [-0.3, -0.25) is 15.2 Å². The molecule has 0 spiro atoms. The first-order valence-corrected chi connectivity index (χ1v) is 8.38. The van der Waals surface area contributed by atoms with Gasteiger partial charge in [0.15, 0.2) is 0 Å². The minimum atomic E-state index is -0.556. The van der Waals surface area contributed by atoms with Crippen molar-refractivity contribution in [3.63, 3.8) is 0 Å². The molecule has 2 aromatic heterocycles. The molecule has 3 N–H and O–H groups in total. The summed E-state index contributed by atoms with van der Waals surface area (Å²) in [6.45, 7) is 3.60. The third-order valence-electron chi connectivity index (χ3n) is 4.73. The van der Waals surface area contributed by atoms with Gasteiger partial charge in [0.05, 0.1) is 16.4 Å². The van der Waals surface area contributed by atoms with Gasteiger partial charge in [-0.1, -0.05) is 0 Å². The number of nitro benzene ring substituents is 1. The van der Waals surface area contributed by atoms with E-state index in [0.717, 1.165) is 11.3 Å². The van der Waals surface area contributed by atoms with E-state index in [4.69, 9.17) is 14.9 Å². The highest BCUT2D eigenvalue weighted by Gasteiger charge is 2.36. The Balaban J connectivity index is 1.80. The number of allylic oxidation sites excluding steroid dienone is 1. The molecule has 0 fully saturated rings. The van der Waals surface area contributed by atoms with Crippen LogP contribution in [-0.4, -0.2) is 15.1 Å². The highest BCUT2D eigenvalue weighted by Crippen LogP contribution is 2.44. The summed E-state index contributed by atoms with van der Waals surface area (Å²) in [5.74, 6) is 0.771. The lowest BCUT2D eigenvalue weighted by atomic mass is 9.88. The number of ether oxygens (including phenoxy) is 1. The van der Waals surface area contributed by atoms with Gasteiger partial charge in [0.25, 0.3) is 5.69 Å². The molecule has 3 heterocycles. The van der Waals surface area contributed by atoms with Crippen LogP contribution in [0.15, 0.2) is 46.2 Å². The van der Waals surface area contributed by atoms with E-state index in [-0.39, 0.29) is 17.1 Å². The first kappa shape index (κ1) is 17.4. The maximum Gasteiger partial charge on any atom is 0.269 e. The zero-order valence-electron chi connectivity index (χ0n) is 15.0. The van der Waals surface area contributed by atoms with E-state index in [2.05, 4.69) is 16.3 Å². The standard InChI is InChI=1S/C19H15N5O4/c1-9-7-11(24(25)26)3-4-12(9)14-5-6-15(27-14)17-13(8-20)18(21)28-19-16(17)10(2)22-23-19/h3-7,17H,21H2,1-2H3,(H,22,23)/t17-/m1/s1. The smallest absolute Gasteiger partial charge is 0.269 e. The van der Waals surface area contributed by atoms with Gasteiger partial charge in [-0.05, 0) is 37.6 Å². The number of nitrogens with two attached hydrogens (primary N) is 1. The lowest BCUT2D eigenvalue weighted by Crippen LogP contribution is -2.20. The molecule has 0 bridgehead atoms. The lowest BCUT2D eigenvalue weighted by molar-refractivity contribution is -0.384. The third kappa shape index (κ3) is 2.59. The Labute approximate surface area is 159 Å². The molecule has 0 unspecified atom stereocenters. The Kier molecular flexibility index (Phi) is 3.89. The first-order chi connectivity index (χ1) is 13.4. The van der Waals surface area contributed by atoms with E-state index in [1.54, 1.807) is 25.1 Å². The summed E-state index contributed by atoms with van der Waals surface area (Å²) in [5.41, 5.74) is 9.01. The fourth-order valence-corrected chi connectivity index (χ4v) is 3.37. The quantitative estimate of drug-likeness (QED) is 0.525. The van der Waals surface area contributed by atoms with Crippen molar-refractivity contribution >= 4 is 5.69 Å². The van der Waals surface area contributed by atoms with Crippen LogP contribution in [-0.2, 0) is 0 Å². The molecule has 0 saturated heterocycles. The molecule has 0 amide bonds. The number of benzene rings is 1. The molecular weight excluding hydrogens is 362 g/mol. The number of hydrogen-bond donors (Lipinski definition) is 2. The Morgan fingerprint density at radius 2 is 2.11 bits per heavy atom. The molecule has 4 rings (SSSR count). The number of aromatic amines is 1. The summed E-state index contributed by atoms with van der Waals surface area (Å²) < 4.78 is 11.5. The Morgan fingerprint density at radius 1 is 1.32 bits per heavy atom. The van der Waals surface area contributed by atoms with E-state index >= 15 is 0 Å². The highest BCUT2D eigenvalue weighted by atomic mass is 16.6. The monoisotopic (exact) mass is 377 g/mol. The Hall–Kier alpha value is -4.06. The van der Waals surface area contributed by atoms with Gasteiger partial charge in [0.2, 0.25) is 11.8 Å². The number of H-pyrrole nitrogens is 1. The average molecular weight is 377 g/mol. The molecule has 3 aromatic rings. The molecule has 1 aliphatic rings. The summed E-state index contributed by atoms with van der Waals surface area (Å²) in [6.07, 6.45) is 0. The number of aryl methyl sites for hydroxylation is 2. The van der Waals surface area contributed by atoms with Gasteiger partial charge in [-0.2, -0.15) is 5.26 Å². The van der Waals surface area contributed by atoms with Crippen LogP contribution in [0.2, 0.25) is 0 Å². The molecular formula is C19H15N5O4. The van der Waals surface area contributed by atoms with Gasteiger partial charge < -0.3 is 14.9 Å². The molecule has 1 aromatic carbocycles. The molecule has 140 valence electrons. The zero-order chi connectivity index (χ0) is 20.0. The van der Waals surface area contributed by atoms with E-state index < -0.39 is 10.8 Å². The minimum absolute atomic E-state index is 0.0126. The first-order valence-electron chi connectivity index (χ1n) is 8.38. The average Bonchev–Trinajstić information content (AvgIpc) is 3.28. The van der Waals surface area contributed by atoms with Gasteiger partial charge in [-0.25, -0.2) is 0 Å². The van der Waals surface area contributed by atoms with E-state index in [0.29, 0.717) is 28.5 Å². The number of furan rings is 1. The van der Waals surface area contributed by atoms with Crippen LogP contribution in [0.1, 0.15) is 28.5 Å². The summed E-state index contributed by atoms with van der Waals surface area (Å²) in [5, 5.41) is 27.5. The number of fused-ring (bicyclic) bond motifs is 1. The van der Waals surface area contributed by atoms with Crippen LogP contribution in [0.25, 0.3) is 11.3 Å². The maximum absolute atomic E-state index is 10.9. The number of nitriles is 1. The molecule has 28 heavy (non-hydrogen) atoms. The maximum atomic E-state index is 10.9. The predicted octanol–water partition coefficient (Wildman–Crippen LogP) is 3.41. The van der Waals surface area contributed by atoms with Crippen LogP contribution < -0.4 is 10.5 Å². The lowest BCUT2D eigenvalue weighted by Gasteiger charge is -2.21. The summed E-state index contributed by atoms with van der Waals surface area (Å²) in [6, 6.07) is 10.2. The van der Waals surface area contributed by atoms with Crippen molar-refractivity contribution in [3.05, 3.63) is 74.5 Å². The van der Waals surface area contributed by atoms with Crippen molar-refractivity contribution in [3.8, 4) is 23.3 Å². The SMILES string of the molecule is Cc1cc([N+](=O)[O-])ccc1-c1ccc([C@H]2C(C#N)=C(N)Oc3n[nH]c(C)c32)o1. The molecule has 9 heteroatoms. The second-order valence-electron chi connectivity index (χ2n) is 6.45. The summed E-state index contributed by atoms with van der Waals surface area (Å²) in [7, 11) is 0. The zero-order valence-corrected chi connectivity index (χ0v) is 15.0. The Morgan fingerprint density at radius 3 is 2.79 bits per heavy atom. The fourth-order valence-electron chi connectivity index (χ4n) is 3.37. The number of nitrogens with one attached hydrogen (secondary N) is 1. The van der Waals surface area contributed by atoms with E-state index in [1.807, 2.05) is 6.92 Å². The minimum Gasteiger partial charge on any atom is -0.460 e. The summed E-state index contributed by atoms with van der Waals surface area (Å²) in [4.78, 5) is 10.5. The van der Waals surface area contributed by atoms with Crippen molar-refractivity contribution in [2.45, 2.75) is 19.8 Å². The number of nitro groups is 1.